The SMILES string of the molecule is COc1ccc(C2(CN)CCC2)c(F)c1O. The van der Waals surface area contributed by atoms with Gasteiger partial charge in [-0.3, -0.25) is 0 Å². The number of phenolic OH excluding ortho intramolecular Hbond substituents is 1. The number of halogens is 1. The van der Waals surface area contributed by atoms with Crippen LogP contribution in [0.1, 0.15) is 24.8 Å². The summed E-state index contributed by atoms with van der Waals surface area (Å²) in [6.07, 6.45) is 2.82. The topological polar surface area (TPSA) is 55.5 Å². The lowest BCUT2D eigenvalue weighted by Crippen LogP contribution is -2.42. The summed E-state index contributed by atoms with van der Waals surface area (Å²) in [5.41, 5.74) is 5.94. The van der Waals surface area contributed by atoms with E-state index in [0.717, 1.165) is 19.3 Å². The van der Waals surface area contributed by atoms with E-state index in [1.165, 1.54) is 7.11 Å². The predicted molar refractivity (Wildman–Crippen MR) is 59.2 cm³/mol. The molecule has 1 aromatic carbocycles. The quantitative estimate of drug-likeness (QED) is 0.826. The molecule has 0 aliphatic heterocycles. The maximum atomic E-state index is 14.0. The zero-order valence-corrected chi connectivity index (χ0v) is 9.29. The normalized spacial score (nSPS) is 17.9. The zero-order valence-electron chi connectivity index (χ0n) is 9.29. The Bertz CT molecular complexity index is 397. The van der Waals surface area contributed by atoms with Crippen molar-refractivity contribution in [2.45, 2.75) is 24.7 Å². The molecule has 0 bridgehead atoms. The molecule has 0 radical (unpaired) electrons. The van der Waals surface area contributed by atoms with Crippen LogP contribution in [0.25, 0.3) is 0 Å². The molecule has 0 saturated heterocycles. The lowest BCUT2D eigenvalue weighted by atomic mass is 9.64. The van der Waals surface area contributed by atoms with E-state index in [0.29, 0.717) is 12.1 Å². The van der Waals surface area contributed by atoms with Gasteiger partial charge in [0.15, 0.2) is 17.3 Å². The smallest absolute Gasteiger partial charge is 0.194 e. The van der Waals surface area contributed by atoms with Crippen molar-refractivity contribution in [3.63, 3.8) is 0 Å². The Morgan fingerprint density at radius 3 is 2.62 bits per heavy atom. The van der Waals surface area contributed by atoms with Gasteiger partial charge in [0.1, 0.15) is 0 Å². The third-order valence-electron chi connectivity index (χ3n) is 3.57. The molecule has 0 spiro atoms. The van der Waals surface area contributed by atoms with E-state index in [4.69, 9.17) is 10.5 Å². The molecule has 3 nitrogen and oxygen atoms in total. The number of methoxy groups -OCH3 is 1. The second-order valence-corrected chi connectivity index (χ2v) is 4.32. The average Bonchev–Trinajstić information content (AvgIpc) is 2.23. The molecule has 0 heterocycles. The standard InChI is InChI=1S/C12H16FNO2/c1-16-9-4-3-8(10(13)11(9)15)12(7-14)5-2-6-12/h3-4,15H,2,5-7,14H2,1H3. The first-order valence-electron chi connectivity index (χ1n) is 5.40. The van der Waals surface area contributed by atoms with Gasteiger partial charge >= 0.3 is 0 Å². The number of hydrogen-bond donors (Lipinski definition) is 2. The maximum absolute atomic E-state index is 14.0. The Morgan fingerprint density at radius 2 is 2.19 bits per heavy atom. The van der Waals surface area contributed by atoms with Gasteiger partial charge in [0.25, 0.3) is 0 Å². The monoisotopic (exact) mass is 225 g/mol. The molecule has 1 aromatic rings. The minimum atomic E-state index is -0.593. The maximum Gasteiger partial charge on any atom is 0.194 e. The largest absolute Gasteiger partial charge is 0.502 e. The van der Waals surface area contributed by atoms with Gasteiger partial charge in [-0.1, -0.05) is 12.5 Å². The summed E-state index contributed by atoms with van der Waals surface area (Å²) in [6.45, 7) is 0.412. The predicted octanol–water partition coefficient (Wildman–Crippen LogP) is 1.92. The second-order valence-electron chi connectivity index (χ2n) is 4.32. The summed E-state index contributed by atoms with van der Waals surface area (Å²) < 4.78 is 18.8. The van der Waals surface area contributed by atoms with Gasteiger partial charge in [-0.15, -0.1) is 0 Å². The van der Waals surface area contributed by atoms with Gasteiger partial charge in [0, 0.05) is 12.0 Å². The van der Waals surface area contributed by atoms with Crippen LogP contribution in [0.4, 0.5) is 4.39 Å². The number of aromatic hydroxyl groups is 1. The van der Waals surface area contributed by atoms with Gasteiger partial charge in [0.2, 0.25) is 0 Å². The number of hydrogen-bond acceptors (Lipinski definition) is 3. The highest BCUT2D eigenvalue weighted by molar-refractivity contribution is 5.46. The van der Waals surface area contributed by atoms with Crippen molar-refractivity contribution in [1.29, 1.82) is 0 Å². The minimum absolute atomic E-state index is 0.160. The van der Waals surface area contributed by atoms with Crippen LogP contribution in [-0.4, -0.2) is 18.8 Å². The molecule has 0 atom stereocenters. The summed E-state index contributed by atoms with van der Waals surface area (Å²) in [7, 11) is 1.40. The Balaban J connectivity index is 2.46. The molecule has 4 heteroatoms. The third kappa shape index (κ3) is 1.45. The molecule has 88 valence electrons. The van der Waals surface area contributed by atoms with Crippen molar-refractivity contribution in [2.24, 2.45) is 5.73 Å². The average molecular weight is 225 g/mol. The van der Waals surface area contributed by atoms with Gasteiger partial charge in [-0.05, 0) is 24.5 Å². The Hall–Kier alpha value is -1.29. The molecule has 0 amide bonds. The van der Waals surface area contributed by atoms with E-state index >= 15 is 0 Å². The van der Waals surface area contributed by atoms with Crippen molar-refractivity contribution >= 4 is 0 Å². The van der Waals surface area contributed by atoms with Crippen LogP contribution in [0.5, 0.6) is 11.5 Å². The molecule has 2 rings (SSSR count). The molecular weight excluding hydrogens is 209 g/mol. The molecule has 1 fully saturated rings. The van der Waals surface area contributed by atoms with Crippen molar-refractivity contribution in [3.05, 3.63) is 23.5 Å². The molecule has 16 heavy (non-hydrogen) atoms. The van der Waals surface area contributed by atoms with E-state index in [-0.39, 0.29) is 11.2 Å². The van der Waals surface area contributed by atoms with Gasteiger partial charge in [-0.2, -0.15) is 0 Å². The second kappa shape index (κ2) is 3.94. The first-order chi connectivity index (χ1) is 7.64. The highest BCUT2D eigenvalue weighted by Gasteiger charge is 2.40. The summed E-state index contributed by atoms with van der Waals surface area (Å²) in [4.78, 5) is 0. The van der Waals surface area contributed by atoms with E-state index in [1.807, 2.05) is 0 Å². The highest BCUT2D eigenvalue weighted by atomic mass is 19.1. The van der Waals surface area contributed by atoms with Crippen LogP contribution >= 0.6 is 0 Å². The van der Waals surface area contributed by atoms with Crippen LogP contribution < -0.4 is 10.5 Å². The van der Waals surface area contributed by atoms with E-state index < -0.39 is 11.6 Å². The first-order valence-corrected chi connectivity index (χ1v) is 5.40. The van der Waals surface area contributed by atoms with E-state index in [1.54, 1.807) is 12.1 Å². The number of ether oxygens (including phenoxy) is 1. The van der Waals surface area contributed by atoms with Crippen molar-refractivity contribution in [1.82, 2.24) is 0 Å². The van der Waals surface area contributed by atoms with Crippen LogP contribution in [0.15, 0.2) is 12.1 Å². The Labute approximate surface area is 94.0 Å². The number of nitrogens with two attached hydrogens (primary N) is 1. The fourth-order valence-corrected chi connectivity index (χ4v) is 2.31. The molecule has 1 saturated carbocycles. The zero-order chi connectivity index (χ0) is 11.8. The molecule has 0 aromatic heterocycles. The third-order valence-corrected chi connectivity index (χ3v) is 3.57. The number of benzene rings is 1. The molecule has 0 unspecified atom stereocenters. The van der Waals surface area contributed by atoms with Crippen LogP contribution in [0, 0.1) is 5.82 Å². The van der Waals surface area contributed by atoms with Gasteiger partial charge in [0.05, 0.1) is 7.11 Å². The molecule has 3 N–H and O–H groups in total. The Kier molecular flexibility index (Phi) is 2.76. The summed E-state index contributed by atoms with van der Waals surface area (Å²) in [5.74, 6) is -0.850. The minimum Gasteiger partial charge on any atom is -0.502 e. The summed E-state index contributed by atoms with van der Waals surface area (Å²) in [6, 6.07) is 3.25. The molecular formula is C12H16FNO2. The molecule has 1 aliphatic rings. The highest BCUT2D eigenvalue weighted by Crippen LogP contribution is 2.46. The molecule has 1 aliphatic carbocycles. The summed E-state index contributed by atoms with van der Waals surface area (Å²) >= 11 is 0. The van der Waals surface area contributed by atoms with Crippen LogP contribution in [0.3, 0.4) is 0 Å². The van der Waals surface area contributed by atoms with Crippen molar-refractivity contribution in [2.75, 3.05) is 13.7 Å². The lowest BCUT2D eigenvalue weighted by Gasteiger charge is -2.41. The van der Waals surface area contributed by atoms with Gasteiger partial charge in [-0.25, -0.2) is 4.39 Å². The number of phenols is 1. The first kappa shape index (κ1) is 11.2. The Morgan fingerprint density at radius 1 is 1.50 bits per heavy atom. The van der Waals surface area contributed by atoms with Gasteiger partial charge < -0.3 is 15.6 Å². The van der Waals surface area contributed by atoms with Crippen molar-refractivity contribution < 1.29 is 14.2 Å². The number of rotatable bonds is 3. The van der Waals surface area contributed by atoms with Crippen molar-refractivity contribution in [3.8, 4) is 11.5 Å². The van der Waals surface area contributed by atoms with Crippen LogP contribution in [0.2, 0.25) is 0 Å². The van der Waals surface area contributed by atoms with Crippen LogP contribution in [-0.2, 0) is 5.41 Å². The van der Waals surface area contributed by atoms with E-state index in [9.17, 15) is 9.50 Å². The summed E-state index contributed by atoms with van der Waals surface area (Å²) in [5, 5.41) is 9.62. The fraction of sp³-hybridized carbons (Fsp3) is 0.500. The van der Waals surface area contributed by atoms with E-state index in [2.05, 4.69) is 0 Å². The fourth-order valence-electron chi connectivity index (χ4n) is 2.31. The lowest BCUT2D eigenvalue weighted by molar-refractivity contribution is 0.240.